The summed E-state index contributed by atoms with van der Waals surface area (Å²) in [7, 11) is 0. The van der Waals surface area contributed by atoms with Gasteiger partial charge in [0, 0.05) is 11.6 Å². The van der Waals surface area contributed by atoms with E-state index in [0.29, 0.717) is 0 Å². The summed E-state index contributed by atoms with van der Waals surface area (Å²) < 4.78 is 0. The van der Waals surface area contributed by atoms with E-state index in [9.17, 15) is 0 Å². The molecule has 2 heterocycles. The monoisotopic (exact) mass is 229 g/mol. The molecule has 0 aliphatic carbocycles. The zero-order valence-electron chi connectivity index (χ0n) is 11.0. The third-order valence-electron chi connectivity index (χ3n) is 3.40. The molecule has 0 aliphatic heterocycles. The van der Waals surface area contributed by atoms with Crippen molar-refractivity contribution in [2.45, 2.75) is 46.0 Å². The Hall–Kier alpha value is -1.51. The van der Waals surface area contributed by atoms with Crippen LogP contribution in [0.5, 0.6) is 0 Å². The highest BCUT2D eigenvalue weighted by Gasteiger charge is 2.24. The van der Waals surface area contributed by atoms with Crippen molar-refractivity contribution in [2.75, 3.05) is 0 Å². The third-order valence-corrected chi connectivity index (χ3v) is 3.40. The Kier molecular flexibility index (Phi) is 3.09. The topological polar surface area (TPSA) is 38.7 Å². The largest absolute Gasteiger partial charge is 0.262 e. The van der Waals surface area contributed by atoms with E-state index in [2.05, 4.69) is 32.7 Å². The van der Waals surface area contributed by atoms with Gasteiger partial charge in [0.1, 0.15) is 5.52 Å². The lowest BCUT2D eigenvalue weighted by Gasteiger charge is -2.24. The number of aromatic nitrogens is 3. The van der Waals surface area contributed by atoms with Gasteiger partial charge < -0.3 is 0 Å². The van der Waals surface area contributed by atoms with Crippen LogP contribution in [0.3, 0.4) is 0 Å². The van der Waals surface area contributed by atoms with Crippen molar-refractivity contribution < 1.29 is 0 Å². The molecule has 0 aromatic carbocycles. The minimum Gasteiger partial charge on any atom is -0.262 e. The highest BCUT2D eigenvalue weighted by molar-refractivity contribution is 5.73. The van der Waals surface area contributed by atoms with E-state index in [-0.39, 0.29) is 5.41 Å². The molecule has 0 N–H and O–H groups in total. The van der Waals surface area contributed by atoms with Crippen molar-refractivity contribution >= 4 is 11.0 Å². The Morgan fingerprint density at radius 2 is 1.88 bits per heavy atom. The summed E-state index contributed by atoms with van der Waals surface area (Å²) in [6.07, 6.45) is 5.53. The predicted octanol–water partition coefficient (Wildman–Crippen LogP) is 3.27. The van der Waals surface area contributed by atoms with Crippen molar-refractivity contribution in [2.24, 2.45) is 0 Å². The van der Waals surface area contributed by atoms with Gasteiger partial charge in [-0.3, -0.25) is 4.98 Å². The van der Waals surface area contributed by atoms with Gasteiger partial charge in [0.05, 0.1) is 23.1 Å². The molecule has 2 rings (SSSR count). The van der Waals surface area contributed by atoms with Gasteiger partial charge in [0.25, 0.3) is 0 Å². The summed E-state index contributed by atoms with van der Waals surface area (Å²) in [5.74, 6) is 0. The van der Waals surface area contributed by atoms with Crippen molar-refractivity contribution in [3.05, 3.63) is 29.8 Å². The Morgan fingerprint density at radius 1 is 1.12 bits per heavy atom. The molecule has 0 aliphatic rings. The molecule has 0 saturated heterocycles. The summed E-state index contributed by atoms with van der Waals surface area (Å²) in [5, 5.41) is 0. The Balaban J connectivity index is 2.69. The predicted molar refractivity (Wildman–Crippen MR) is 70.0 cm³/mol. The van der Waals surface area contributed by atoms with Crippen molar-refractivity contribution in [3.8, 4) is 0 Å². The molecule has 0 radical (unpaired) electrons. The highest BCUT2D eigenvalue weighted by Crippen LogP contribution is 2.28. The number of aryl methyl sites for hydroxylation is 1. The molecular weight excluding hydrogens is 210 g/mol. The van der Waals surface area contributed by atoms with Gasteiger partial charge in [-0.25, -0.2) is 9.97 Å². The van der Waals surface area contributed by atoms with Gasteiger partial charge in [-0.2, -0.15) is 0 Å². The SMILES string of the molecule is CCc1nc2ccncc2nc1C(C)(C)CC. The minimum absolute atomic E-state index is 0.0718. The van der Waals surface area contributed by atoms with E-state index < -0.39 is 0 Å². The zero-order chi connectivity index (χ0) is 12.5. The van der Waals surface area contributed by atoms with Crippen LogP contribution in [-0.4, -0.2) is 15.0 Å². The summed E-state index contributed by atoms with van der Waals surface area (Å²) in [4.78, 5) is 13.6. The molecule has 0 unspecified atom stereocenters. The number of hydrogen-bond acceptors (Lipinski definition) is 3. The van der Waals surface area contributed by atoms with Crippen molar-refractivity contribution in [1.29, 1.82) is 0 Å². The Bertz CT molecular complexity index is 532. The first-order valence-corrected chi connectivity index (χ1v) is 6.19. The van der Waals surface area contributed by atoms with Gasteiger partial charge in [-0.1, -0.05) is 27.7 Å². The Labute approximate surface area is 102 Å². The van der Waals surface area contributed by atoms with Gasteiger partial charge in [-0.05, 0) is 18.9 Å². The lowest BCUT2D eigenvalue weighted by Crippen LogP contribution is -2.21. The van der Waals surface area contributed by atoms with E-state index in [1.54, 1.807) is 12.4 Å². The molecule has 0 atom stereocenters. The fraction of sp³-hybridized carbons (Fsp3) is 0.500. The van der Waals surface area contributed by atoms with Gasteiger partial charge in [0.15, 0.2) is 0 Å². The molecule has 0 fully saturated rings. The van der Waals surface area contributed by atoms with Crippen LogP contribution >= 0.6 is 0 Å². The number of pyridine rings is 1. The maximum absolute atomic E-state index is 4.76. The molecule has 3 nitrogen and oxygen atoms in total. The lowest BCUT2D eigenvalue weighted by atomic mass is 9.84. The van der Waals surface area contributed by atoms with Gasteiger partial charge in [-0.15, -0.1) is 0 Å². The quantitative estimate of drug-likeness (QED) is 0.810. The number of fused-ring (bicyclic) bond motifs is 1. The first-order chi connectivity index (χ1) is 8.08. The number of hydrogen-bond donors (Lipinski definition) is 0. The zero-order valence-corrected chi connectivity index (χ0v) is 11.0. The summed E-state index contributed by atoms with van der Waals surface area (Å²) >= 11 is 0. The summed E-state index contributed by atoms with van der Waals surface area (Å²) in [5.41, 5.74) is 4.12. The average molecular weight is 229 g/mol. The van der Waals surface area contributed by atoms with Crippen molar-refractivity contribution in [1.82, 2.24) is 15.0 Å². The number of rotatable bonds is 3. The molecular formula is C14H19N3. The third kappa shape index (κ3) is 2.14. The maximum Gasteiger partial charge on any atom is 0.107 e. The maximum atomic E-state index is 4.76. The Morgan fingerprint density at radius 3 is 2.53 bits per heavy atom. The van der Waals surface area contributed by atoms with Gasteiger partial charge >= 0.3 is 0 Å². The second-order valence-corrected chi connectivity index (χ2v) is 4.97. The number of nitrogens with zero attached hydrogens (tertiary/aromatic N) is 3. The highest BCUT2D eigenvalue weighted by atomic mass is 14.9. The van der Waals surface area contributed by atoms with Gasteiger partial charge in [0.2, 0.25) is 0 Å². The van der Waals surface area contributed by atoms with E-state index >= 15 is 0 Å². The van der Waals surface area contributed by atoms with Crippen LogP contribution < -0.4 is 0 Å². The first-order valence-electron chi connectivity index (χ1n) is 6.19. The molecule has 2 aromatic heterocycles. The van der Waals surface area contributed by atoms with E-state index in [1.165, 1.54) is 0 Å². The molecule has 2 aromatic rings. The fourth-order valence-corrected chi connectivity index (χ4v) is 1.90. The normalized spacial score (nSPS) is 12.0. The molecule has 0 spiro atoms. The van der Waals surface area contributed by atoms with Crippen LogP contribution in [0.1, 0.15) is 45.5 Å². The van der Waals surface area contributed by atoms with E-state index in [0.717, 1.165) is 35.3 Å². The molecule has 3 heteroatoms. The van der Waals surface area contributed by atoms with Crippen LogP contribution in [0, 0.1) is 0 Å². The van der Waals surface area contributed by atoms with Crippen LogP contribution in [0.15, 0.2) is 18.5 Å². The fourth-order valence-electron chi connectivity index (χ4n) is 1.90. The summed E-state index contributed by atoms with van der Waals surface area (Å²) in [6.45, 7) is 8.76. The van der Waals surface area contributed by atoms with E-state index in [1.807, 2.05) is 6.07 Å². The second-order valence-electron chi connectivity index (χ2n) is 4.97. The molecule has 0 saturated carbocycles. The smallest absolute Gasteiger partial charge is 0.107 e. The average Bonchev–Trinajstić information content (AvgIpc) is 2.37. The minimum atomic E-state index is 0.0718. The van der Waals surface area contributed by atoms with Crippen LogP contribution in [0.4, 0.5) is 0 Å². The molecule has 0 amide bonds. The second kappa shape index (κ2) is 4.40. The molecule has 90 valence electrons. The first kappa shape index (κ1) is 12.0. The van der Waals surface area contributed by atoms with Crippen molar-refractivity contribution in [3.63, 3.8) is 0 Å². The van der Waals surface area contributed by atoms with E-state index in [4.69, 9.17) is 9.97 Å². The molecule has 0 bridgehead atoms. The van der Waals surface area contributed by atoms with Crippen LogP contribution in [0.25, 0.3) is 11.0 Å². The molecule has 17 heavy (non-hydrogen) atoms. The van der Waals surface area contributed by atoms with Crippen LogP contribution in [0.2, 0.25) is 0 Å². The standard InChI is InChI=1S/C14H19N3/c1-5-10-13(14(3,4)6-2)17-12-9-15-8-7-11(12)16-10/h7-9H,5-6H2,1-4H3. The summed E-state index contributed by atoms with van der Waals surface area (Å²) in [6, 6.07) is 1.92. The van der Waals surface area contributed by atoms with Crippen LogP contribution in [-0.2, 0) is 11.8 Å². The lowest BCUT2D eigenvalue weighted by molar-refractivity contribution is 0.484.